The summed E-state index contributed by atoms with van der Waals surface area (Å²) in [6.07, 6.45) is 1.77. The van der Waals surface area contributed by atoms with E-state index >= 15 is 0 Å². The molecule has 0 saturated carbocycles. The fraction of sp³-hybridized carbons (Fsp3) is 0.400. The third-order valence-corrected chi connectivity index (χ3v) is 5.57. The number of carbonyl (C=O) groups excluding carboxylic acids is 1. The lowest BCUT2D eigenvalue weighted by Crippen LogP contribution is -2.44. The van der Waals surface area contributed by atoms with E-state index in [-0.39, 0.29) is 17.5 Å². The number of rotatable bonds is 2. The minimum Gasteiger partial charge on any atom is -0.342 e. The zero-order valence-corrected chi connectivity index (χ0v) is 16.2. The number of para-hydroxylation sites is 1. The van der Waals surface area contributed by atoms with E-state index in [1.807, 2.05) is 25.1 Å². The van der Waals surface area contributed by atoms with Crippen molar-refractivity contribution < 1.29 is 4.79 Å². The van der Waals surface area contributed by atoms with Gasteiger partial charge in [-0.25, -0.2) is 9.78 Å². The second-order valence-corrected chi connectivity index (χ2v) is 7.45. The number of nitrogens with zero attached hydrogens (tertiary/aromatic N) is 4. The van der Waals surface area contributed by atoms with Crippen molar-refractivity contribution in [2.24, 2.45) is 14.1 Å². The Morgan fingerprint density at radius 1 is 1.21 bits per heavy atom. The topological polar surface area (TPSA) is 93.0 Å². The first-order chi connectivity index (χ1) is 13.4. The summed E-state index contributed by atoms with van der Waals surface area (Å²) >= 11 is 0. The number of aromatic amines is 1. The van der Waals surface area contributed by atoms with Crippen LogP contribution in [0.2, 0.25) is 0 Å². The number of amides is 1. The molecule has 2 aromatic heterocycles. The largest absolute Gasteiger partial charge is 0.342 e. The maximum atomic E-state index is 13.0. The van der Waals surface area contributed by atoms with Gasteiger partial charge in [-0.1, -0.05) is 12.1 Å². The predicted octanol–water partition coefficient (Wildman–Crippen LogP) is 1.29. The monoisotopic (exact) mass is 381 g/mol. The Labute approximate surface area is 161 Å². The lowest BCUT2D eigenvalue weighted by atomic mass is 9.97. The molecule has 1 N–H and O–H groups in total. The van der Waals surface area contributed by atoms with Gasteiger partial charge in [-0.3, -0.25) is 18.7 Å². The Morgan fingerprint density at radius 2 is 2.00 bits per heavy atom. The zero-order chi connectivity index (χ0) is 20.0. The van der Waals surface area contributed by atoms with Crippen molar-refractivity contribution in [1.29, 1.82) is 0 Å². The Morgan fingerprint density at radius 3 is 2.75 bits per heavy atom. The van der Waals surface area contributed by atoms with Gasteiger partial charge in [-0.05, 0) is 31.4 Å². The van der Waals surface area contributed by atoms with Gasteiger partial charge in [-0.15, -0.1) is 0 Å². The lowest BCUT2D eigenvalue weighted by Gasteiger charge is -2.32. The van der Waals surface area contributed by atoms with Gasteiger partial charge < -0.3 is 9.88 Å². The van der Waals surface area contributed by atoms with E-state index < -0.39 is 11.2 Å². The van der Waals surface area contributed by atoms with Crippen LogP contribution in [0.4, 0.5) is 0 Å². The second kappa shape index (κ2) is 6.78. The van der Waals surface area contributed by atoms with Crippen LogP contribution in [0.15, 0.2) is 33.9 Å². The molecule has 0 spiro atoms. The number of H-pyrrole nitrogens is 1. The number of hydrogen-bond acceptors (Lipinski definition) is 4. The zero-order valence-electron chi connectivity index (χ0n) is 16.2. The fourth-order valence-electron chi connectivity index (χ4n) is 3.87. The molecule has 146 valence electrons. The normalized spacial score (nSPS) is 17.2. The third-order valence-electron chi connectivity index (χ3n) is 5.57. The van der Waals surface area contributed by atoms with E-state index in [2.05, 4.69) is 4.98 Å². The van der Waals surface area contributed by atoms with Crippen LogP contribution in [0.1, 0.15) is 40.6 Å². The van der Waals surface area contributed by atoms with Crippen molar-refractivity contribution in [2.75, 3.05) is 13.1 Å². The van der Waals surface area contributed by atoms with Crippen LogP contribution in [0, 0.1) is 6.92 Å². The molecule has 1 amide bonds. The Hall–Kier alpha value is -3.16. The van der Waals surface area contributed by atoms with Crippen LogP contribution in [0.25, 0.3) is 11.0 Å². The number of carbonyl (C=O) groups is 1. The quantitative estimate of drug-likeness (QED) is 0.724. The van der Waals surface area contributed by atoms with Crippen LogP contribution >= 0.6 is 0 Å². The molecular weight excluding hydrogens is 358 g/mol. The summed E-state index contributed by atoms with van der Waals surface area (Å²) in [7, 11) is 2.91. The van der Waals surface area contributed by atoms with Gasteiger partial charge in [0.25, 0.3) is 11.5 Å². The maximum absolute atomic E-state index is 13.0. The van der Waals surface area contributed by atoms with Crippen molar-refractivity contribution in [3.63, 3.8) is 0 Å². The van der Waals surface area contributed by atoms with Crippen LogP contribution in [-0.2, 0) is 14.1 Å². The number of aromatic nitrogens is 4. The van der Waals surface area contributed by atoms with Crippen LogP contribution < -0.4 is 11.2 Å². The molecular formula is C20H23N5O3. The van der Waals surface area contributed by atoms with Gasteiger partial charge >= 0.3 is 5.69 Å². The van der Waals surface area contributed by atoms with E-state index in [1.165, 1.54) is 24.7 Å². The summed E-state index contributed by atoms with van der Waals surface area (Å²) in [5.74, 6) is 0.669. The highest BCUT2D eigenvalue weighted by atomic mass is 16.2. The highest BCUT2D eigenvalue weighted by molar-refractivity contribution is 5.92. The SMILES string of the molecule is Cc1cccc2[nH]c(C3CCCN(C(=O)c4cc(=O)n(C)c(=O)n4C)C3)nc12. The Balaban J connectivity index is 1.63. The van der Waals surface area contributed by atoms with Gasteiger partial charge in [0.2, 0.25) is 0 Å². The molecule has 1 unspecified atom stereocenters. The first kappa shape index (κ1) is 18.2. The molecule has 1 atom stereocenters. The summed E-state index contributed by atoms with van der Waals surface area (Å²) < 4.78 is 2.23. The first-order valence-electron chi connectivity index (χ1n) is 9.38. The van der Waals surface area contributed by atoms with Gasteiger partial charge in [0, 0.05) is 39.2 Å². The van der Waals surface area contributed by atoms with Crippen molar-refractivity contribution >= 4 is 16.9 Å². The Kier molecular flexibility index (Phi) is 4.41. The molecule has 1 saturated heterocycles. The number of imidazole rings is 1. The molecule has 0 aliphatic carbocycles. The first-order valence-corrected chi connectivity index (χ1v) is 9.38. The molecule has 3 aromatic rings. The molecule has 1 aliphatic heterocycles. The number of hydrogen-bond donors (Lipinski definition) is 1. The standard InChI is InChI=1S/C20H23N5O3/c1-12-6-4-8-14-17(12)22-18(21-14)13-7-5-9-25(11-13)19(27)15-10-16(26)24(3)20(28)23(15)2/h4,6,8,10,13H,5,7,9,11H2,1-3H3,(H,21,22). The number of likely N-dealkylation sites (tertiary alicyclic amines) is 1. The average Bonchev–Trinajstić information content (AvgIpc) is 3.14. The summed E-state index contributed by atoms with van der Waals surface area (Å²) in [6.45, 7) is 3.12. The number of nitrogens with one attached hydrogen (secondary N) is 1. The van der Waals surface area contributed by atoms with Crippen molar-refractivity contribution in [3.05, 3.63) is 62.2 Å². The average molecular weight is 381 g/mol. The van der Waals surface area contributed by atoms with Crippen molar-refractivity contribution in [2.45, 2.75) is 25.7 Å². The summed E-state index contributed by atoms with van der Waals surface area (Å²) in [5, 5.41) is 0. The minimum atomic E-state index is -0.503. The van der Waals surface area contributed by atoms with Crippen molar-refractivity contribution in [1.82, 2.24) is 24.0 Å². The van der Waals surface area contributed by atoms with Crippen LogP contribution in [0.5, 0.6) is 0 Å². The molecule has 8 heteroatoms. The Bertz CT molecular complexity index is 1190. The van der Waals surface area contributed by atoms with Gasteiger partial charge in [0.05, 0.1) is 11.0 Å². The molecule has 3 heterocycles. The summed E-state index contributed by atoms with van der Waals surface area (Å²) in [5.41, 5.74) is 2.19. The predicted molar refractivity (Wildman–Crippen MR) is 106 cm³/mol. The van der Waals surface area contributed by atoms with E-state index in [9.17, 15) is 14.4 Å². The third kappa shape index (κ3) is 2.94. The van der Waals surface area contributed by atoms with Gasteiger partial charge in [-0.2, -0.15) is 0 Å². The van der Waals surface area contributed by atoms with E-state index in [0.29, 0.717) is 13.1 Å². The molecule has 4 rings (SSSR count). The number of aryl methyl sites for hydroxylation is 1. The summed E-state index contributed by atoms with van der Waals surface area (Å²) in [4.78, 5) is 47.0. The highest BCUT2D eigenvalue weighted by Gasteiger charge is 2.29. The number of fused-ring (bicyclic) bond motifs is 1. The molecule has 1 aromatic carbocycles. The molecule has 0 radical (unpaired) electrons. The van der Waals surface area contributed by atoms with E-state index in [1.54, 1.807) is 4.90 Å². The van der Waals surface area contributed by atoms with E-state index in [0.717, 1.165) is 39.8 Å². The van der Waals surface area contributed by atoms with E-state index in [4.69, 9.17) is 4.98 Å². The van der Waals surface area contributed by atoms with Crippen LogP contribution in [0.3, 0.4) is 0 Å². The van der Waals surface area contributed by atoms with Gasteiger partial charge in [0.1, 0.15) is 11.5 Å². The maximum Gasteiger partial charge on any atom is 0.331 e. The number of piperidine rings is 1. The molecule has 8 nitrogen and oxygen atoms in total. The smallest absolute Gasteiger partial charge is 0.331 e. The number of benzene rings is 1. The van der Waals surface area contributed by atoms with Gasteiger partial charge in [0.15, 0.2) is 0 Å². The van der Waals surface area contributed by atoms with Crippen molar-refractivity contribution in [3.8, 4) is 0 Å². The second-order valence-electron chi connectivity index (χ2n) is 7.45. The van der Waals surface area contributed by atoms with Crippen LogP contribution in [-0.4, -0.2) is 43.0 Å². The minimum absolute atomic E-state index is 0.0908. The molecule has 0 bridgehead atoms. The lowest BCUT2D eigenvalue weighted by molar-refractivity contribution is 0.0692. The fourth-order valence-corrected chi connectivity index (χ4v) is 3.87. The molecule has 1 fully saturated rings. The highest BCUT2D eigenvalue weighted by Crippen LogP contribution is 2.28. The molecule has 28 heavy (non-hydrogen) atoms. The molecule has 1 aliphatic rings. The summed E-state index contributed by atoms with van der Waals surface area (Å²) in [6, 6.07) is 7.25.